The lowest BCUT2D eigenvalue weighted by atomic mass is 9.97. The van der Waals surface area contributed by atoms with Gasteiger partial charge in [0.1, 0.15) is 5.56 Å². The first-order valence-corrected chi connectivity index (χ1v) is 10.0. The van der Waals surface area contributed by atoms with Crippen LogP contribution in [0.15, 0.2) is 45.7 Å². The number of hydrogen-bond donors (Lipinski definition) is 3. The summed E-state index contributed by atoms with van der Waals surface area (Å²) in [6, 6.07) is 6.83. The molecule has 0 bridgehead atoms. The van der Waals surface area contributed by atoms with E-state index in [1.165, 1.54) is 36.1 Å². The minimum atomic E-state index is -0.487. The van der Waals surface area contributed by atoms with E-state index in [1.807, 2.05) is 0 Å². The van der Waals surface area contributed by atoms with E-state index in [-0.39, 0.29) is 22.1 Å². The third-order valence-electron chi connectivity index (χ3n) is 4.78. The van der Waals surface area contributed by atoms with Gasteiger partial charge in [-0.1, -0.05) is 11.6 Å². The molecule has 152 valence electrons. The van der Waals surface area contributed by atoms with E-state index >= 15 is 0 Å². The van der Waals surface area contributed by atoms with Gasteiger partial charge in [0.2, 0.25) is 11.8 Å². The van der Waals surface area contributed by atoms with Gasteiger partial charge in [-0.3, -0.25) is 24.1 Å². The molecule has 1 amide bonds. The molecule has 8 heteroatoms. The molecule has 0 unspecified atom stereocenters. The predicted molar refractivity (Wildman–Crippen MR) is 117 cm³/mol. The normalized spacial score (nSPS) is 14.0. The van der Waals surface area contributed by atoms with Crippen LogP contribution in [0.25, 0.3) is 0 Å². The number of amides is 1. The van der Waals surface area contributed by atoms with Crippen molar-refractivity contribution in [2.75, 3.05) is 5.32 Å². The highest BCUT2D eigenvalue weighted by molar-refractivity contribution is 7.71. The third-order valence-corrected chi connectivity index (χ3v) is 5.10. The fourth-order valence-electron chi connectivity index (χ4n) is 3.26. The molecule has 1 aliphatic carbocycles. The number of hydrogen-bond acceptors (Lipinski definition) is 5. The summed E-state index contributed by atoms with van der Waals surface area (Å²) in [6.45, 7) is 1.93. The monoisotopic (exact) mass is 412 g/mol. The SMILES string of the molecule is CC(=O)Nc1ccc(N=Cc2c(O)n(CCC3=CCCCC3)c(=S)[nH]c2=O)cc1. The number of anilines is 1. The summed E-state index contributed by atoms with van der Waals surface area (Å²) < 4.78 is 1.73. The van der Waals surface area contributed by atoms with Crippen molar-refractivity contribution in [3.05, 3.63) is 56.6 Å². The lowest BCUT2D eigenvalue weighted by Gasteiger charge is -2.15. The van der Waals surface area contributed by atoms with Gasteiger partial charge in [0, 0.05) is 25.4 Å². The highest BCUT2D eigenvalue weighted by Gasteiger charge is 2.12. The minimum Gasteiger partial charge on any atom is -0.494 e. The molecular weight excluding hydrogens is 388 g/mol. The number of carbonyl (C=O) groups is 1. The van der Waals surface area contributed by atoms with Crippen molar-refractivity contribution in [3.8, 4) is 5.88 Å². The molecule has 3 N–H and O–H groups in total. The van der Waals surface area contributed by atoms with Gasteiger partial charge in [-0.2, -0.15) is 0 Å². The number of aliphatic imine (C=N–C) groups is 1. The van der Waals surface area contributed by atoms with Crippen molar-refractivity contribution in [2.24, 2.45) is 4.99 Å². The van der Waals surface area contributed by atoms with Crippen LogP contribution in [0.1, 0.15) is 44.6 Å². The number of aromatic amines is 1. The van der Waals surface area contributed by atoms with E-state index in [9.17, 15) is 14.7 Å². The van der Waals surface area contributed by atoms with Gasteiger partial charge >= 0.3 is 0 Å². The summed E-state index contributed by atoms with van der Waals surface area (Å²) in [5, 5.41) is 13.3. The van der Waals surface area contributed by atoms with Gasteiger partial charge in [0.25, 0.3) is 5.56 Å². The van der Waals surface area contributed by atoms with Gasteiger partial charge in [-0.05, 0) is 68.6 Å². The molecule has 1 heterocycles. The van der Waals surface area contributed by atoms with Crippen LogP contribution in [0.2, 0.25) is 0 Å². The van der Waals surface area contributed by atoms with Crippen LogP contribution in [0.3, 0.4) is 0 Å². The summed E-state index contributed by atoms with van der Waals surface area (Å²) in [4.78, 5) is 30.2. The van der Waals surface area contributed by atoms with E-state index in [1.54, 1.807) is 24.3 Å². The molecule has 1 aromatic carbocycles. The van der Waals surface area contributed by atoms with Crippen LogP contribution in [-0.2, 0) is 11.3 Å². The van der Waals surface area contributed by atoms with Crippen LogP contribution in [0, 0.1) is 4.77 Å². The lowest BCUT2D eigenvalue weighted by Crippen LogP contribution is -2.19. The molecular formula is C21H24N4O3S. The first-order chi connectivity index (χ1) is 13.9. The smallest absolute Gasteiger partial charge is 0.264 e. The van der Waals surface area contributed by atoms with E-state index in [4.69, 9.17) is 12.2 Å². The highest BCUT2D eigenvalue weighted by Crippen LogP contribution is 2.22. The molecule has 0 atom stereocenters. The first-order valence-electron chi connectivity index (χ1n) is 9.60. The molecule has 0 spiro atoms. The van der Waals surface area contributed by atoms with Crippen molar-refractivity contribution in [1.82, 2.24) is 9.55 Å². The topological polar surface area (TPSA) is 99.5 Å². The molecule has 29 heavy (non-hydrogen) atoms. The standard InChI is InChI=1S/C21H24N4O3S/c1-14(26)23-17-9-7-16(8-10-17)22-13-18-19(27)24-21(29)25(20(18)28)12-11-15-5-3-2-4-6-15/h5,7-10,13,28H,2-4,6,11-12H2,1H3,(H,23,26)(H,24,27,29). The summed E-state index contributed by atoms with van der Waals surface area (Å²) in [5.74, 6) is -0.343. The number of aromatic hydroxyl groups is 1. The van der Waals surface area contributed by atoms with E-state index in [0.717, 1.165) is 19.3 Å². The molecule has 3 rings (SSSR count). The molecule has 0 fully saturated rings. The zero-order chi connectivity index (χ0) is 20.8. The average molecular weight is 413 g/mol. The number of carbonyl (C=O) groups excluding carboxylic acids is 1. The zero-order valence-electron chi connectivity index (χ0n) is 16.3. The van der Waals surface area contributed by atoms with E-state index in [0.29, 0.717) is 17.9 Å². The number of nitrogens with zero attached hydrogens (tertiary/aromatic N) is 2. The number of rotatable bonds is 6. The first kappa shape index (κ1) is 20.7. The second-order valence-electron chi connectivity index (χ2n) is 6.99. The van der Waals surface area contributed by atoms with Crippen molar-refractivity contribution in [2.45, 2.75) is 45.6 Å². The number of allylic oxidation sites excluding steroid dienone is 2. The maximum absolute atomic E-state index is 12.3. The van der Waals surface area contributed by atoms with Crippen molar-refractivity contribution < 1.29 is 9.90 Å². The Balaban J connectivity index is 1.80. The Bertz CT molecular complexity index is 1060. The Morgan fingerprint density at radius 2 is 2.10 bits per heavy atom. The van der Waals surface area contributed by atoms with Crippen LogP contribution >= 0.6 is 12.2 Å². The van der Waals surface area contributed by atoms with E-state index in [2.05, 4.69) is 21.4 Å². The van der Waals surface area contributed by atoms with Crippen molar-refractivity contribution in [1.29, 1.82) is 0 Å². The molecule has 0 saturated heterocycles. The lowest BCUT2D eigenvalue weighted by molar-refractivity contribution is -0.114. The largest absolute Gasteiger partial charge is 0.494 e. The van der Waals surface area contributed by atoms with Crippen LogP contribution in [-0.4, -0.2) is 26.8 Å². The van der Waals surface area contributed by atoms with Gasteiger partial charge in [-0.25, -0.2) is 0 Å². The Labute approximate surface area is 173 Å². The fourth-order valence-corrected chi connectivity index (χ4v) is 3.53. The summed E-state index contributed by atoms with van der Waals surface area (Å²) in [6.07, 6.45) is 8.94. The van der Waals surface area contributed by atoms with Crippen LogP contribution in [0.5, 0.6) is 5.88 Å². The van der Waals surface area contributed by atoms with Gasteiger partial charge < -0.3 is 10.4 Å². The highest BCUT2D eigenvalue weighted by atomic mass is 32.1. The Morgan fingerprint density at radius 3 is 2.76 bits per heavy atom. The molecule has 1 aromatic heterocycles. The minimum absolute atomic E-state index is 0.0576. The van der Waals surface area contributed by atoms with E-state index < -0.39 is 5.56 Å². The maximum Gasteiger partial charge on any atom is 0.264 e. The predicted octanol–water partition coefficient (Wildman–Crippen LogP) is 4.21. The molecule has 0 saturated carbocycles. The van der Waals surface area contributed by atoms with Gasteiger partial charge in [0.15, 0.2) is 4.77 Å². The number of H-pyrrole nitrogens is 1. The molecule has 1 aliphatic rings. The average Bonchev–Trinajstić information content (AvgIpc) is 2.69. The van der Waals surface area contributed by atoms with Gasteiger partial charge in [0.05, 0.1) is 5.69 Å². The Hall–Kier alpha value is -3.00. The second-order valence-corrected chi connectivity index (χ2v) is 7.38. The van der Waals surface area contributed by atoms with Gasteiger partial charge in [-0.15, -0.1) is 0 Å². The molecule has 2 aromatic rings. The molecule has 0 aliphatic heterocycles. The molecule has 7 nitrogen and oxygen atoms in total. The third kappa shape index (κ3) is 5.51. The Morgan fingerprint density at radius 1 is 1.34 bits per heavy atom. The fraction of sp³-hybridized carbons (Fsp3) is 0.333. The zero-order valence-corrected chi connectivity index (χ0v) is 17.1. The van der Waals surface area contributed by atoms with Crippen LogP contribution < -0.4 is 10.9 Å². The summed E-state index contributed by atoms with van der Waals surface area (Å²) in [7, 11) is 0. The Kier molecular flexibility index (Phi) is 6.77. The van der Waals surface area contributed by atoms with Crippen molar-refractivity contribution in [3.63, 3.8) is 0 Å². The maximum atomic E-state index is 12.3. The van der Waals surface area contributed by atoms with Crippen LogP contribution in [0.4, 0.5) is 11.4 Å². The number of nitrogens with one attached hydrogen (secondary N) is 2. The van der Waals surface area contributed by atoms with Crippen molar-refractivity contribution >= 4 is 35.7 Å². The number of aromatic nitrogens is 2. The quantitative estimate of drug-likeness (QED) is 0.376. The summed E-state index contributed by atoms with van der Waals surface area (Å²) >= 11 is 5.23. The number of benzene rings is 1. The summed E-state index contributed by atoms with van der Waals surface area (Å²) in [5.41, 5.74) is 2.17. The second kappa shape index (κ2) is 9.47. The molecule has 0 radical (unpaired) electrons.